The summed E-state index contributed by atoms with van der Waals surface area (Å²) in [5.41, 5.74) is 0. The highest BCUT2D eigenvalue weighted by atomic mass is 32.2. The lowest BCUT2D eigenvalue weighted by atomic mass is 10.1. The van der Waals surface area contributed by atoms with Gasteiger partial charge in [0.2, 0.25) is 0 Å². The molecule has 17 heavy (non-hydrogen) atoms. The molecule has 6 nitrogen and oxygen atoms in total. The molecule has 96 valence electrons. The average Bonchev–Trinajstić information content (AvgIpc) is 2.98. The van der Waals surface area contributed by atoms with Crippen LogP contribution in [-0.4, -0.2) is 49.2 Å². The monoisotopic (exact) mass is 259 g/mol. The molecular weight excluding hydrogens is 242 g/mol. The number of rotatable bonds is 5. The van der Waals surface area contributed by atoms with Gasteiger partial charge in [-0.2, -0.15) is 9.40 Å². The molecule has 1 N–H and O–H groups in total. The molecule has 1 saturated heterocycles. The molecule has 1 atom stereocenters. The molecule has 0 bridgehead atoms. The van der Waals surface area contributed by atoms with E-state index >= 15 is 0 Å². The number of hydrogen-bond acceptors (Lipinski definition) is 4. The molecule has 1 unspecified atom stereocenters. The normalized spacial score (nSPS) is 21.2. The Balaban J connectivity index is 2.12. The fraction of sp³-hybridized carbons (Fsp3) is 0.700. The molecule has 1 aromatic heterocycles. The fourth-order valence-electron chi connectivity index (χ4n) is 1.94. The Kier molecular flexibility index (Phi) is 3.80. The van der Waals surface area contributed by atoms with Crippen LogP contribution in [0.4, 0.5) is 0 Å². The molecule has 2 heterocycles. The van der Waals surface area contributed by atoms with Crippen molar-refractivity contribution in [1.82, 2.24) is 14.5 Å². The standard InChI is InChI=1S/C10H17N3O3S/c1-2-13(7-9-4-6-16-8-9)17(14,15)10-3-5-11-12-10/h3,5,9H,2,4,6-8H2,1H3,(H,11,12). The van der Waals surface area contributed by atoms with Gasteiger partial charge in [0.15, 0.2) is 5.03 Å². The highest BCUT2D eigenvalue weighted by Gasteiger charge is 2.28. The predicted molar refractivity (Wildman–Crippen MR) is 61.9 cm³/mol. The summed E-state index contributed by atoms with van der Waals surface area (Å²) >= 11 is 0. The van der Waals surface area contributed by atoms with Gasteiger partial charge in [0.05, 0.1) is 12.8 Å². The van der Waals surface area contributed by atoms with Gasteiger partial charge in [-0.05, 0) is 18.4 Å². The van der Waals surface area contributed by atoms with E-state index in [-0.39, 0.29) is 5.03 Å². The van der Waals surface area contributed by atoms with E-state index in [1.807, 2.05) is 6.92 Å². The summed E-state index contributed by atoms with van der Waals surface area (Å²) in [7, 11) is -3.44. The van der Waals surface area contributed by atoms with Gasteiger partial charge in [-0.15, -0.1) is 0 Å². The van der Waals surface area contributed by atoms with E-state index in [9.17, 15) is 8.42 Å². The van der Waals surface area contributed by atoms with Crippen molar-refractivity contribution in [2.24, 2.45) is 5.92 Å². The zero-order valence-electron chi connectivity index (χ0n) is 9.80. The van der Waals surface area contributed by atoms with Crippen molar-refractivity contribution in [3.63, 3.8) is 0 Å². The first-order valence-electron chi connectivity index (χ1n) is 5.72. The molecular formula is C10H17N3O3S. The van der Waals surface area contributed by atoms with E-state index in [0.29, 0.717) is 25.6 Å². The van der Waals surface area contributed by atoms with Crippen LogP contribution >= 0.6 is 0 Å². The van der Waals surface area contributed by atoms with Gasteiger partial charge in [0, 0.05) is 19.7 Å². The maximum atomic E-state index is 12.2. The van der Waals surface area contributed by atoms with Crippen LogP contribution in [0.3, 0.4) is 0 Å². The molecule has 0 amide bonds. The third-order valence-corrected chi connectivity index (χ3v) is 4.80. The third-order valence-electron chi connectivity index (χ3n) is 2.93. The Bertz CT molecular complexity index is 437. The summed E-state index contributed by atoms with van der Waals surface area (Å²) in [6.07, 6.45) is 2.37. The summed E-state index contributed by atoms with van der Waals surface area (Å²) in [5, 5.41) is 6.34. The number of sulfonamides is 1. The van der Waals surface area contributed by atoms with Crippen LogP contribution in [0.25, 0.3) is 0 Å². The predicted octanol–water partition coefficient (Wildman–Crippen LogP) is 0.457. The lowest BCUT2D eigenvalue weighted by molar-refractivity contribution is 0.180. The molecule has 1 fully saturated rings. The van der Waals surface area contributed by atoms with Crippen molar-refractivity contribution >= 4 is 10.0 Å². The number of nitrogens with one attached hydrogen (secondary N) is 1. The third kappa shape index (κ3) is 2.67. The quantitative estimate of drug-likeness (QED) is 0.833. The van der Waals surface area contributed by atoms with Gasteiger partial charge in [0.25, 0.3) is 10.0 Å². The van der Waals surface area contributed by atoms with E-state index in [4.69, 9.17) is 4.74 Å². The van der Waals surface area contributed by atoms with Crippen molar-refractivity contribution in [3.05, 3.63) is 12.3 Å². The Labute approximate surface area is 101 Å². The first-order valence-corrected chi connectivity index (χ1v) is 7.16. The van der Waals surface area contributed by atoms with Gasteiger partial charge in [-0.25, -0.2) is 8.42 Å². The minimum atomic E-state index is -3.44. The van der Waals surface area contributed by atoms with Crippen LogP contribution in [0.1, 0.15) is 13.3 Å². The summed E-state index contributed by atoms with van der Waals surface area (Å²) in [4.78, 5) is 0. The Morgan fingerprint density at radius 2 is 2.47 bits per heavy atom. The summed E-state index contributed by atoms with van der Waals surface area (Å²) in [6.45, 7) is 4.18. The molecule has 0 saturated carbocycles. The summed E-state index contributed by atoms with van der Waals surface area (Å²) < 4.78 is 31.2. The second-order valence-corrected chi connectivity index (χ2v) is 6.01. The minimum Gasteiger partial charge on any atom is -0.381 e. The fourth-order valence-corrected chi connectivity index (χ4v) is 3.36. The number of hydrogen-bond donors (Lipinski definition) is 1. The van der Waals surface area contributed by atoms with Crippen LogP contribution in [0.5, 0.6) is 0 Å². The first-order chi connectivity index (χ1) is 8.14. The Morgan fingerprint density at radius 1 is 1.65 bits per heavy atom. The van der Waals surface area contributed by atoms with Crippen LogP contribution in [0.2, 0.25) is 0 Å². The van der Waals surface area contributed by atoms with E-state index < -0.39 is 10.0 Å². The molecule has 0 aliphatic carbocycles. The van der Waals surface area contributed by atoms with E-state index in [0.717, 1.165) is 13.0 Å². The molecule has 0 spiro atoms. The van der Waals surface area contributed by atoms with Crippen LogP contribution < -0.4 is 0 Å². The second-order valence-electron chi connectivity index (χ2n) is 4.11. The maximum Gasteiger partial charge on any atom is 0.259 e. The van der Waals surface area contributed by atoms with Crippen LogP contribution in [-0.2, 0) is 14.8 Å². The molecule has 0 radical (unpaired) electrons. The van der Waals surface area contributed by atoms with Crippen molar-refractivity contribution in [1.29, 1.82) is 0 Å². The molecule has 2 rings (SSSR count). The topological polar surface area (TPSA) is 75.3 Å². The van der Waals surface area contributed by atoms with E-state index in [1.54, 1.807) is 0 Å². The number of aromatic amines is 1. The van der Waals surface area contributed by atoms with Crippen molar-refractivity contribution < 1.29 is 13.2 Å². The van der Waals surface area contributed by atoms with Gasteiger partial charge >= 0.3 is 0 Å². The first kappa shape index (κ1) is 12.5. The van der Waals surface area contributed by atoms with E-state index in [1.165, 1.54) is 16.6 Å². The highest BCUT2D eigenvalue weighted by molar-refractivity contribution is 7.89. The molecule has 1 aliphatic rings. The largest absolute Gasteiger partial charge is 0.381 e. The molecule has 0 aromatic carbocycles. The molecule has 1 aromatic rings. The van der Waals surface area contributed by atoms with Gasteiger partial charge in [-0.3, -0.25) is 5.10 Å². The average molecular weight is 259 g/mol. The van der Waals surface area contributed by atoms with Crippen molar-refractivity contribution in [2.75, 3.05) is 26.3 Å². The SMILES string of the molecule is CCN(CC1CCOC1)S(=O)(=O)c1ccn[nH]1. The lowest BCUT2D eigenvalue weighted by Gasteiger charge is -2.22. The van der Waals surface area contributed by atoms with Gasteiger partial charge < -0.3 is 4.74 Å². The molecule has 1 aliphatic heterocycles. The van der Waals surface area contributed by atoms with Gasteiger partial charge in [0.1, 0.15) is 0 Å². The minimum absolute atomic E-state index is 0.151. The smallest absolute Gasteiger partial charge is 0.259 e. The molecule has 7 heteroatoms. The van der Waals surface area contributed by atoms with Gasteiger partial charge in [-0.1, -0.05) is 6.92 Å². The number of H-pyrrole nitrogens is 1. The number of nitrogens with zero attached hydrogens (tertiary/aromatic N) is 2. The highest BCUT2D eigenvalue weighted by Crippen LogP contribution is 2.18. The zero-order chi connectivity index (χ0) is 12.3. The summed E-state index contributed by atoms with van der Waals surface area (Å²) in [6, 6.07) is 1.48. The van der Waals surface area contributed by atoms with E-state index in [2.05, 4.69) is 10.2 Å². The van der Waals surface area contributed by atoms with Crippen LogP contribution in [0.15, 0.2) is 17.3 Å². The van der Waals surface area contributed by atoms with Crippen molar-refractivity contribution in [3.8, 4) is 0 Å². The maximum absolute atomic E-state index is 12.2. The number of aromatic nitrogens is 2. The van der Waals surface area contributed by atoms with Crippen molar-refractivity contribution in [2.45, 2.75) is 18.4 Å². The Morgan fingerprint density at radius 3 is 3.00 bits per heavy atom. The lowest BCUT2D eigenvalue weighted by Crippen LogP contribution is -2.35. The zero-order valence-corrected chi connectivity index (χ0v) is 10.6. The van der Waals surface area contributed by atoms with Crippen LogP contribution in [0, 0.1) is 5.92 Å². The Hall–Kier alpha value is -0.920. The summed E-state index contributed by atoms with van der Waals surface area (Å²) in [5.74, 6) is 0.299. The number of ether oxygens (including phenoxy) is 1. The second kappa shape index (κ2) is 5.16.